The Kier molecular flexibility index (Phi) is 5.72. The standard InChI is InChI=1S/C14H18N2O2/c1-3-4-8-18-14(17)11-16(2)13-7-5-6-12(9-13)10-15/h5-7,9H,3-4,8,11H2,1-2H3. The third-order valence-corrected chi connectivity index (χ3v) is 2.54. The molecule has 1 rings (SSSR count). The average molecular weight is 246 g/mol. The maximum atomic E-state index is 11.5. The summed E-state index contributed by atoms with van der Waals surface area (Å²) in [5.41, 5.74) is 1.42. The van der Waals surface area contributed by atoms with E-state index in [4.69, 9.17) is 10.00 Å². The number of nitriles is 1. The van der Waals surface area contributed by atoms with E-state index < -0.39 is 0 Å². The first-order chi connectivity index (χ1) is 8.67. The number of ether oxygens (including phenoxy) is 1. The Balaban J connectivity index is 2.51. The smallest absolute Gasteiger partial charge is 0.325 e. The summed E-state index contributed by atoms with van der Waals surface area (Å²) in [6, 6.07) is 9.22. The molecule has 0 amide bonds. The monoisotopic (exact) mass is 246 g/mol. The first-order valence-corrected chi connectivity index (χ1v) is 6.04. The molecule has 4 heteroatoms. The van der Waals surface area contributed by atoms with E-state index in [1.54, 1.807) is 30.1 Å². The van der Waals surface area contributed by atoms with E-state index in [1.807, 2.05) is 13.0 Å². The molecular weight excluding hydrogens is 228 g/mol. The molecule has 96 valence electrons. The van der Waals surface area contributed by atoms with Gasteiger partial charge < -0.3 is 9.64 Å². The summed E-state index contributed by atoms with van der Waals surface area (Å²) in [7, 11) is 1.80. The quantitative estimate of drug-likeness (QED) is 0.571. The number of rotatable bonds is 6. The van der Waals surface area contributed by atoms with Gasteiger partial charge in [0.25, 0.3) is 0 Å². The number of esters is 1. The van der Waals surface area contributed by atoms with E-state index in [-0.39, 0.29) is 12.5 Å². The van der Waals surface area contributed by atoms with Crippen molar-refractivity contribution in [2.24, 2.45) is 0 Å². The van der Waals surface area contributed by atoms with Crippen molar-refractivity contribution in [3.05, 3.63) is 29.8 Å². The van der Waals surface area contributed by atoms with E-state index in [9.17, 15) is 4.79 Å². The molecule has 1 aromatic rings. The Hall–Kier alpha value is -2.02. The molecule has 0 bridgehead atoms. The van der Waals surface area contributed by atoms with Crippen LogP contribution in [0.2, 0.25) is 0 Å². The first kappa shape index (κ1) is 14.0. The van der Waals surface area contributed by atoms with Gasteiger partial charge in [-0.3, -0.25) is 4.79 Å². The molecule has 18 heavy (non-hydrogen) atoms. The number of hydrogen-bond acceptors (Lipinski definition) is 4. The zero-order chi connectivity index (χ0) is 13.4. The predicted octanol–water partition coefficient (Wildman–Crippen LogP) is 2.34. The number of unbranched alkanes of at least 4 members (excludes halogenated alkanes) is 1. The van der Waals surface area contributed by atoms with E-state index in [0.717, 1.165) is 18.5 Å². The van der Waals surface area contributed by atoms with Crippen molar-refractivity contribution in [1.82, 2.24) is 0 Å². The van der Waals surface area contributed by atoms with Crippen LogP contribution in [-0.4, -0.2) is 26.2 Å². The van der Waals surface area contributed by atoms with Crippen LogP contribution in [0, 0.1) is 11.3 Å². The Morgan fingerprint density at radius 3 is 2.94 bits per heavy atom. The maximum Gasteiger partial charge on any atom is 0.325 e. The normalized spacial score (nSPS) is 9.61. The zero-order valence-electron chi connectivity index (χ0n) is 10.8. The fraction of sp³-hybridized carbons (Fsp3) is 0.429. The van der Waals surface area contributed by atoms with E-state index in [1.165, 1.54) is 0 Å². The van der Waals surface area contributed by atoms with Crippen molar-refractivity contribution in [2.45, 2.75) is 19.8 Å². The highest BCUT2D eigenvalue weighted by atomic mass is 16.5. The lowest BCUT2D eigenvalue weighted by Crippen LogP contribution is -2.27. The highest BCUT2D eigenvalue weighted by molar-refractivity contribution is 5.75. The average Bonchev–Trinajstić information content (AvgIpc) is 2.39. The lowest BCUT2D eigenvalue weighted by atomic mass is 10.2. The number of hydrogen-bond donors (Lipinski definition) is 0. The van der Waals surface area contributed by atoms with Crippen LogP contribution in [0.3, 0.4) is 0 Å². The first-order valence-electron chi connectivity index (χ1n) is 6.04. The van der Waals surface area contributed by atoms with Crippen molar-refractivity contribution in [3.8, 4) is 6.07 Å². The van der Waals surface area contributed by atoms with Gasteiger partial charge in [-0.1, -0.05) is 19.4 Å². The molecule has 4 nitrogen and oxygen atoms in total. The number of nitrogens with zero attached hydrogens (tertiary/aromatic N) is 2. The predicted molar refractivity (Wildman–Crippen MR) is 70.3 cm³/mol. The van der Waals surface area contributed by atoms with Crippen LogP contribution in [0.15, 0.2) is 24.3 Å². The molecule has 0 saturated carbocycles. The van der Waals surface area contributed by atoms with Crippen LogP contribution in [0.25, 0.3) is 0 Å². The van der Waals surface area contributed by atoms with Gasteiger partial charge in [-0.15, -0.1) is 0 Å². The Bertz CT molecular complexity index is 438. The molecule has 0 radical (unpaired) electrons. The molecule has 0 atom stereocenters. The summed E-state index contributed by atoms with van der Waals surface area (Å²) >= 11 is 0. The van der Waals surface area contributed by atoms with Crippen molar-refractivity contribution in [3.63, 3.8) is 0 Å². The molecule has 0 saturated heterocycles. The minimum Gasteiger partial charge on any atom is -0.464 e. The van der Waals surface area contributed by atoms with E-state index >= 15 is 0 Å². The third kappa shape index (κ3) is 4.46. The molecule has 1 aromatic carbocycles. The van der Waals surface area contributed by atoms with Crippen LogP contribution >= 0.6 is 0 Å². The zero-order valence-corrected chi connectivity index (χ0v) is 10.8. The van der Waals surface area contributed by atoms with Gasteiger partial charge in [-0.2, -0.15) is 5.26 Å². The summed E-state index contributed by atoms with van der Waals surface area (Å²) in [6.07, 6.45) is 1.90. The van der Waals surface area contributed by atoms with Gasteiger partial charge in [0, 0.05) is 12.7 Å². The summed E-state index contributed by atoms with van der Waals surface area (Å²) in [6.45, 7) is 2.72. The Labute approximate surface area is 108 Å². The summed E-state index contributed by atoms with van der Waals surface area (Å²) in [4.78, 5) is 13.3. The molecule has 0 spiro atoms. The molecule has 0 fully saturated rings. The van der Waals surface area contributed by atoms with Crippen LogP contribution in [0.5, 0.6) is 0 Å². The van der Waals surface area contributed by atoms with Gasteiger partial charge in [0.1, 0.15) is 6.54 Å². The lowest BCUT2D eigenvalue weighted by molar-refractivity contribution is -0.142. The second kappa shape index (κ2) is 7.33. The maximum absolute atomic E-state index is 11.5. The molecular formula is C14H18N2O2. The lowest BCUT2D eigenvalue weighted by Gasteiger charge is -2.18. The van der Waals surface area contributed by atoms with Crippen LogP contribution < -0.4 is 4.90 Å². The Morgan fingerprint density at radius 1 is 1.50 bits per heavy atom. The SMILES string of the molecule is CCCCOC(=O)CN(C)c1cccc(C#N)c1. The fourth-order valence-corrected chi connectivity index (χ4v) is 1.47. The minimum absolute atomic E-state index is 0.193. The van der Waals surface area contributed by atoms with Gasteiger partial charge in [-0.05, 0) is 24.6 Å². The van der Waals surface area contributed by atoms with Gasteiger partial charge in [0.2, 0.25) is 0 Å². The van der Waals surface area contributed by atoms with Gasteiger partial charge in [0.15, 0.2) is 0 Å². The molecule has 0 heterocycles. The highest BCUT2D eigenvalue weighted by Gasteiger charge is 2.08. The highest BCUT2D eigenvalue weighted by Crippen LogP contribution is 2.14. The van der Waals surface area contributed by atoms with Crippen molar-refractivity contribution in [2.75, 3.05) is 25.1 Å². The summed E-state index contributed by atoms with van der Waals surface area (Å²) in [5.74, 6) is -0.242. The van der Waals surface area contributed by atoms with E-state index in [0.29, 0.717) is 12.2 Å². The van der Waals surface area contributed by atoms with Gasteiger partial charge in [0.05, 0.1) is 18.2 Å². The number of carbonyl (C=O) groups is 1. The van der Waals surface area contributed by atoms with Crippen molar-refractivity contribution >= 4 is 11.7 Å². The van der Waals surface area contributed by atoms with Gasteiger partial charge in [-0.25, -0.2) is 0 Å². The summed E-state index contributed by atoms with van der Waals surface area (Å²) < 4.78 is 5.09. The molecule has 0 aromatic heterocycles. The second-order valence-corrected chi connectivity index (χ2v) is 4.09. The van der Waals surface area contributed by atoms with Crippen LogP contribution in [-0.2, 0) is 9.53 Å². The van der Waals surface area contributed by atoms with Gasteiger partial charge >= 0.3 is 5.97 Å². The molecule has 0 unspecified atom stereocenters. The largest absolute Gasteiger partial charge is 0.464 e. The Morgan fingerprint density at radius 2 is 2.28 bits per heavy atom. The van der Waals surface area contributed by atoms with Crippen molar-refractivity contribution in [1.29, 1.82) is 5.26 Å². The molecule has 0 aliphatic heterocycles. The van der Waals surface area contributed by atoms with Crippen LogP contribution in [0.1, 0.15) is 25.3 Å². The molecule has 0 aliphatic carbocycles. The number of likely N-dealkylation sites (N-methyl/N-ethyl adjacent to an activating group) is 1. The second-order valence-electron chi connectivity index (χ2n) is 4.09. The number of carbonyl (C=O) groups excluding carboxylic acids is 1. The topological polar surface area (TPSA) is 53.3 Å². The fourth-order valence-electron chi connectivity index (χ4n) is 1.47. The molecule has 0 N–H and O–H groups in total. The van der Waals surface area contributed by atoms with Crippen molar-refractivity contribution < 1.29 is 9.53 Å². The van der Waals surface area contributed by atoms with E-state index in [2.05, 4.69) is 6.07 Å². The third-order valence-electron chi connectivity index (χ3n) is 2.54. The number of benzene rings is 1. The number of anilines is 1. The summed E-state index contributed by atoms with van der Waals surface area (Å²) in [5, 5.41) is 8.81. The van der Waals surface area contributed by atoms with Crippen LogP contribution in [0.4, 0.5) is 5.69 Å². The minimum atomic E-state index is -0.242. The molecule has 0 aliphatic rings.